The molecule has 1 aliphatic carbocycles. The fourth-order valence-corrected chi connectivity index (χ4v) is 5.06. The first-order valence-corrected chi connectivity index (χ1v) is 12.2. The van der Waals surface area contributed by atoms with E-state index in [1.54, 1.807) is 42.5 Å². The third-order valence-electron chi connectivity index (χ3n) is 5.91. The summed E-state index contributed by atoms with van der Waals surface area (Å²) in [6.45, 7) is -2.96. The van der Waals surface area contributed by atoms with E-state index >= 15 is 0 Å². The Morgan fingerprint density at radius 2 is 1.76 bits per heavy atom. The molecular formula is C24H20F2N2O4S. The van der Waals surface area contributed by atoms with E-state index in [0.29, 0.717) is 23.3 Å². The summed E-state index contributed by atoms with van der Waals surface area (Å²) in [7, 11) is -3.30. The lowest BCUT2D eigenvalue weighted by atomic mass is 9.95. The molecule has 1 aliphatic rings. The summed E-state index contributed by atoms with van der Waals surface area (Å²) >= 11 is 0. The molecule has 9 heteroatoms. The summed E-state index contributed by atoms with van der Waals surface area (Å²) in [4.78, 5) is 4.80. The van der Waals surface area contributed by atoms with Crippen LogP contribution in [0.3, 0.4) is 0 Å². The van der Waals surface area contributed by atoms with Gasteiger partial charge in [-0.2, -0.15) is 8.78 Å². The second kappa shape index (κ2) is 7.93. The molecule has 0 bridgehead atoms. The number of hydrogen-bond donors (Lipinski definition) is 1. The highest BCUT2D eigenvalue weighted by atomic mass is 32.2. The van der Waals surface area contributed by atoms with Crippen LogP contribution < -0.4 is 4.74 Å². The number of alkyl halides is 2. The van der Waals surface area contributed by atoms with E-state index in [4.69, 9.17) is 4.74 Å². The molecule has 0 saturated carbocycles. The van der Waals surface area contributed by atoms with Gasteiger partial charge in [0.05, 0.1) is 22.4 Å². The smallest absolute Gasteiger partial charge is 0.387 e. The molecule has 2 unspecified atom stereocenters. The fraction of sp³-hybridized carbons (Fsp3) is 0.208. The molecule has 0 amide bonds. The van der Waals surface area contributed by atoms with Crippen molar-refractivity contribution in [2.75, 3.05) is 6.26 Å². The minimum absolute atomic E-state index is 0.0695. The van der Waals surface area contributed by atoms with Crippen LogP contribution in [-0.2, 0) is 9.84 Å². The van der Waals surface area contributed by atoms with E-state index in [0.717, 1.165) is 23.1 Å². The lowest BCUT2D eigenvalue weighted by Gasteiger charge is -2.17. The number of para-hydroxylation sites is 1. The standard InChI is InChI=1S/C24H20F2N2O4S/c1-33(30,31)16-9-6-14(7-10-16)15-8-11-21-27-22-19(29)12-18(23(22)28(21)13-15)17-4-2-3-5-20(17)32-24(25)26/h2-11,13,18-19,24,29H,12H2,1H3. The monoisotopic (exact) mass is 470 g/mol. The van der Waals surface area contributed by atoms with Gasteiger partial charge >= 0.3 is 6.61 Å². The number of rotatable bonds is 5. The first-order chi connectivity index (χ1) is 15.7. The second-order valence-electron chi connectivity index (χ2n) is 8.05. The van der Waals surface area contributed by atoms with E-state index in [1.165, 1.54) is 6.07 Å². The van der Waals surface area contributed by atoms with Crippen molar-refractivity contribution in [1.29, 1.82) is 0 Å². The molecule has 2 aromatic heterocycles. The zero-order valence-electron chi connectivity index (χ0n) is 17.5. The summed E-state index contributed by atoms with van der Waals surface area (Å²) < 4.78 is 56.0. The third-order valence-corrected chi connectivity index (χ3v) is 7.04. The number of ether oxygens (including phenoxy) is 1. The molecule has 0 aliphatic heterocycles. The van der Waals surface area contributed by atoms with Crippen molar-refractivity contribution < 1.29 is 27.0 Å². The highest BCUT2D eigenvalue weighted by Gasteiger charge is 2.37. The maximum Gasteiger partial charge on any atom is 0.387 e. The highest BCUT2D eigenvalue weighted by Crippen LogP contribution is 2.47. The minimum Gasteiger partial charge on any atom is -0.435 e. The molecule has 5 rings (SSSR count). The number of aliphatic hydroxyl groups excluding tert-OH is 1. The van der Waals surface area contributed by atoms with Crippen molar-refractivity contribution in [3.05, 3.63) is 83.8 Å². The van der Waals surface area contributed by atoms with E-state index in [-0.39, 0.29) is 16.6 Å². The van der Waals surface area contributed by atoms with Crippen LogP contribution in [0.1, 0.15) is 35.4 Å². The Morgan fingerprint density at radius 1 is 1.06 bits per heavy atom. The van der Waals surface area contributed by atoms with Crippen molar-refractivity contribution >= 4 is 15.5 Å². The molecule has 0 spiro atoms. The Bertz CT molecular complexity index is 1450. The number of fused-ring (bicyclic) bond motifs is 3. The van der Waals surface area contributed by atoms with Gasteiger partial charge in [0, 0.05) is 23.9 Å². The topological polar surface area (TPSA) is 80.9 Å². The van der Waals surface area contributed by atoms with Crippen molar-refractivity contribution in [3.8, 4) is 16.9 Å². The zero-order valence-corrected chi connectivity index (χ0v) is 18.3. The van der Waals surface area contributed by atoms with Crippen molar-refractivity contribution in [2.24, 2.45) is 0 Å². The van der Waals surface area contributed by atoms with Crippen molar-refractivity contribution in [2.45, 2.75) is 29.9 Å². The minimum atomic E-state index is -3.30. The van der Waals surface area contributed by atoms with Crippen LogP contribution in [0.4, 0.5) is 8.78 Å². The molecule has 0 radical (unpaired) electrons. The summed E-state index contributed by atoms with van der Waals surface area (Å²) in [5.74, 6) is -0.317. The maximum atomic E-state index is 13.0. The van der Waals surface area contributed by atoms with Gasteiger partial charge in [-0.1, -0.05) is 30.3 Å². The number of aliphatic hydroxyl groups is 1. The predicted octanol–water partition coefficient (Wildman–Crippen LogP) is 4.58. The van der Waals surface area contributed by atoms with Gasteiger partial charge in [-0.25, -0.2) is 13.4 Å². The van der Waals surface area contributed by atoms with Crippen molar-refractivity contribution in [1.82, 2.24) is 9.38 Å². The molecule has 2 atom stereocenters. The van der Waals surface area contributed by atoms with Crippen LogP contribution in [-0.4, -0.2) is 35.8 Å². The quantitative estimate of drug-likeness (QED) is 0.462. The van der Waals surface area contributed by atoms with E-state index in [2.05, 4.69) is 4.98 Å². The van der Waals surface area contributed by atoms with Gasteiger partial charge in [0.25, 0.3) is 0 Å². The van der Waals surface area contributed by atoms with Crippen molar-refractivity contribution in [3.63, 3.8) is 0 Å². The van der Waals surface area contributed by atoms with Crippen LogP contribution in [0.15, 0.2) is 71.8 Å². The summed E-state index contributed by atoms with van der Waals surface area (Å²) in [6, 6.07) is 16.8. The number of benzene rings is 2. The number of halogens is 2. The van der Waals surface area contributed by atoms with Gasteiger partial charge in [0.15, 0.2) is 9.84 Å². The Kier molecular flexibility index (Phi) is 5.18. The zero-order chi connectivity index (χ0) is 23.3. The van der Waals surface area contributed by atoms with Crippen LogP contribution >= 0.6 is 0 Å². The fourth-order valence-electron chi connectivity index (χ4n) is 4.43. The van der Waals surface area contributed by atoms with Gasteiger partial charge < -0.3 is 14.2 Å². The van der Waals surface area contributed by atoms with Gasteiger partial charge in [-0.15, -0.1) is 0 Å². The van der Waals surface area contributed by atoms with E-state index < -0.39 is 22.6 Å². The molecule has 33 heavy (non-hydrogen) atoms. The molecule has 0 saturated heterocycles. The highest BCUT2D eigenvalue weighted by molar-refractivity contribution is 7.90. The molecule has 170 valence electrons. The van der Waals surface area contributed by atoms with Crippen LogP contribution in [0.25, 0.3) is 16.8 Å². The molecule has 6 nitrogen and oxygen atoms in total. The van der Waals surface area contributed by atoms with Gasteiger partial charge in [-0.3, -0.25) is 0 Å². The Balaban J connectivity index is 1.62. The first-order valence-electron chi connectivity index (χ1n) is 10.3. The van der Waals surface area contributed by atoms with Gasteiger partial charge in [0.2, 0.25) is 0 Å². The molecule has 1 N–H and O–H groups in total. The average Bonchev–Trinajstić information content (AvgIpc) is 3.30. The normalized spacial score (nSPS) is 18.1. The number of sulfone groups is 1. The first kappa shape index (κ1) is 21.5. The molecule has 4 aromatic rings. The molecule has 2 aromatic carbocycles. The Hall–Kier alpha value is -3.30. The van der Waals surface area contributed by atoms with Gasteiger partial charge in [0.1, 0.15) is 11.4 Å². The predicted molar refractivity (Wildman–Crippen MR) is 118 cm³/mol. The van der Waals surface area contributed by atoms with Gasteiger partial charge in [-0.05, 0) is 47.9 Å². The SMILES string of the molecule is CS(=O)(=O)c1ccc(-c2ccc3nc4c(n3c2)C(c2ccccc2OC(F)F)CC4O)cc1. The van der Waals surface area contributed by atoms with E-state index in [1.807, 2.05) is 22.7 Å². The number of pyridine rings is 1. The Morgan fingerprint density at radius 3 is 2.45 bits per heavy atom. The summed E-state index contributed by atoms with van der Waals surface area (Å²) in [5, 5.41) is 10.7. The van der Waals surface area contributed by atoms with Crippen LogP contribution in [0, 0.1) is 0 Å². The summed E-state index contributed by atoms with van der Waals surface area (Å²) in [6.07, 6.45) is 2.49. The summed E-state index contributed by atoms with van der Waals surface area (Å²) in [5.41, 5.74) is 4.03. The maximum absolute atomic E-state index is 13.0. The van der Waals surface area contributed by atoms with Crippen LogP contribution in [0.2, 0.25) is 0 Å². The second-order valence-corrected chi connectivity index (χ2v) is 10.1. The molecule has 0 fully saturated rings. The van der Waals surface area contributed by atoms with Crippen LogP contribution in [0.5, 0.6) is 5.75 Å². The number of hydrogen-bond acceptors (Lipinski definition) is 5. The molecule has 2 heterocycles. The number of nitrogens with zero attached hydrogens (tertiary/aromatic N) is 2. The number of imidazole rings is 1. The lowest BCUT2D eigenvalue weighted by Crippen LogP contribution is -2.08. The Labute approximate surface area is 189 Å². The largest absolute Gasteiger partial charge is 0.435 e. The average molecular weight is 470 g/mol. The molecular weight excluding hydrogens is 450 g/mol. The lowest BCUT2D eigenvalue weighted by molar-refractivity contribution is -0.0506. The third kappa shape index (κ3) is 3.87. The number of aromatic nitrogens is 2. The van der Waals surface area contributed by atoms with E-state index in [9.17, 15) is 22.3 Å².